The second-order valence-electron chi connectivity index (χ2n) is 5.34. The van der Waals surface area contributed by atoms with Crippen molar-refractivity contribution in [3.8, 4) is 0 Å². The number of halogens is 2. The Bertz CT molecular complexity index is 819. The van der Waals surface area contributed by atoms with Crippen molar-refractivity contribution >= 4 is 23.2 Å². The number of hydrogen-bond acceptors (Lipinski definition) is 2. The van der Waals surface area contributed by atoms with Crippen molar-refractivity contribution in [1.82, 2.24) is 0 Å². The highest BCUT2D eigenvalue weighted by molar-refractivity contribution is 6.33. The van der Waals surface area contributed by atoms with Crippen molar-refractivity contribution in [2.24, 2.45) is 0 Å². The molecule has 126 valence electrons. The molecule has 0 unspecified atom stereocenters. The Labute approximate surface area is 145 Å². The summed E-state index contributed by atoms with van der Waals surface area (Å²) in [7, 11) is 0. The number of benzene rings is 1. The Hall–Kier alpha value is -2.40. The molecule has 24 heavy (non-hydrogen) atoms. The molecular weight excluding hydrogens is 331 g/mol. The van der Waals surface area contributed by atoms with Gasteiger partial charge in [-0.2, -0.15) is 4.73 Å². The van der Waals surface area contributed by atoms with Crippen LogP contribution < -0.4 is 10.0 Å². The quantitative estimate of drug-likeness (QED) is 0.513. The standard InChI is InChI=1S/C18H18ClFN2O2/c1-4-5-8-13-11(2)22(24)12(3)16(17(13)20)18(23)21-15-10-7-6-9-14(15)19/h4-7,9-10H,8H2,1-3H3,(H,21,23). The Morgan fingerprint density at radius 2 is 2.00 bits per heavy atom. The number of nitrogens with one attached hydrogen (secondary N) is 1. The van der Waals surface area contributed by atoms with Crippen LogP contribution in [-0.4, -0.2) is 5.91 Å². The Kier molecular flexibility index (Phi) is 5.57. The van der Waals surface area contributed by atoms with Crippen LogP contribution in [0.3, 0.4) is 0 Å². The predicted octanol–water partition coefficient (Wildman–Crippen LogP) is 4.10. The van der Waals surface area contributed by atoms with Gasteiger partial charge >= 0.3 is 0 Å². The third-order valence-electron chi connectivity index (χ3n) is 3.80. The summed E-state index contributed by atoms with van der Waals surface area (Å²) in [6.07, 6.45) is 3.73. The molecule has 0 atom stereocenters. The normalized spacial score (nSPS) is 11.0. The Morgan fingerprint density at radius 3 is 2.62 bits per heavy atom. The van der Waals surface area contributed by atoms with E-state index in [-0.39, 0.29) is 28.9 Å². The van der Waals surface area contributed by atoms with E-state index < -0.39 is 11.7 Å². The molecule has 1 aromatic carbocycles. The van der Waals surface area contributed by atoms with E-state index in [1.165, 1.54) is 13.8 Å². The number of hydrogen-bond donors (Lipinski definition) is 1. The molecule has 1 heterocycles. The highest BCUT2D eigenvalue weighted by Gasteiger charge is 2.28. The first kappa shape index (κ1) is 17.9. The average molecular weight is 349 g/mol. The van der Waals surface area contributed by atoms with Crippen molar-refractivity contribution in [1.29, 1.82) is 0 Å². The molecule has 1 aromatic heterocycles. The smallest absolute Gasteiger partial charge is 0.265 e. The Balaban J connectivity index is 2.51. The van der Waals surface area contributed by atoms with Gasteiger partial charge in [-0.3, -0.25) is 4.79 Å². The van der Waals surface area contributed by atoms with E-state index in [0.717, 1.165) is 0 Å². The Morgan fingerprint density at radius 1 is 1.33 bits per heavy atom. The van der Waals surface area contributed by atoms with Gasteiger partial charge in [-0.15, -0.1) is 0 Å². The second-order valence-corrected chi connectivity index (χ2v) is 5.75. The molecule has 1 N–H and O–H groups in total. The maximum absolute atomic E-state index is 14.9. The summed E-state index contributed by atoms with van der Waals surface area (Å²) in [4.78, 5) is 12.5. The molecule has 0 bridgehead atoms. The lowest BCUT2D eigenvalue weighted by Crippen LogP contribution is -2.39. The maximum Gasteiger partial charge on any atom is 0.265 e. The van der Waals surface area contributed by atoms with Crippen molar-refractivity contribution in [2.75, 3.05) is 5.32 Å². The summed E-state index contributed by atoms with van der Waals surface area (Å²) < 4.78 is 15.5. The molecule has 0 fully saturated rings. The van der Waals surface area contributed by atoms with Gasteiger partial charge in [0, 0.05) is 13.8 Å². The molecule has 2 aromatic rings. The molecule has 0 aliphatic heterocycles. The van der Waals surface area contributed by atoms with Gasteiger partial charge in [-0.25, -0.2) is 4.39 Å². The van der Waals surface area contributed by atoms with E-state index in [1.807, 2.05) is 0 Å². The molecule has 0 saturated carbocycles. The lowest BCUT2D eigenvalue weighted by Gasteiger charge is -2.15. The van der Waals surface area contributed by atoms with Crippen LogP contribution in [0.4, 0.5) is 10.1 Å². The number of aromatic nitrogens is 1. The van der Waals surface area contributed by atoms with E-state index in [1.54, 1.807) is 43.3 Å². The molecule has 2 rings (SSSR count). The zero-order valence-corrected chi connectivity index (χ0v) is 14.4. The van der Waals surface area contributed by atoms with Gasteiger partial charge in [-0.1, -0.05) is 35.9 Å². The average Bonchev–Trinajstić information content (AvgIpc) is 2.55. The third kappa shape index (κ3) is 3.41. The minimum atomic E-state index is -0.704. The number of allylic oxidation sites excluding steroid dienone is 2. The lowest BCUT2D eigenvalue weighted by molar-refractivity contribution is -0.620. The topological polar surface area (TPSA) is 56.0 Å². The number of carbonyl (C=O) groups is 1. The maximum atomic E-state index is 14.9. The third-order valence-corrected chi connectivity index (χ3v) is 4.13. The van der Waals surface area contributed by atoms with E-state index in [9.17, 15) is 14.4 Å². The number of amides is 1. The van der Waals surface area contributed by atoms with E-state index in [4.69, 9.17) is 11.6 Å². The van der Waals surface area contributed by atoms with Crippen LogP contribution in [0.1, 0.15) is 34.2 Å². The van der Waals surface area contributed by atoms with E-state index in [0.29, 0.717) is 15.4 Å². The highest BCUT2D eigenvalue weighted by Crippen LogP contribution is 2.24. The fourth-order valence-electron chi connectivity index (χ4n) is 2.43. The molecule has 0 radical (unpaired) electrons. The lowest BCUT2D eigenvalue weighted by atomic mass is 10.0. The zero-order chi connectivity index (χ0) is 17.9. The van der Waals surface area contributed by atoms with Gasteiger partial charge in [0.25, 0.3) is 5.91 Å². The van der Waals surface area contributed by atoms with Crippen LogP contribution in [-0.2, 0) is 6.42 Å². The highest BCUT2D eigenvalue weighted by atomic mass is 35.5. The van der Waals surface area contributed by atoms with E-state index >= 15 is 0 Å². The van der Waals surface area contributed by atoms with Crippen molar-refractivity contribution in [3.63, 3.8) is 0 Å². The summed E-state index contributed by atoms with van der Waals surface area (Å²) in [5, 5.41) is 15.2. The van der Waals surface area contributed by atoms with Gasteiger partial charge < -0.3 is 10.5 Å². The number of rotatable bonds is 4. The van der Waals surface area contributed by atoms with Crippen LogP contribution in [0.25, 0.3) is 0 Å². The first-order valence-corrected chi connectivity index (χ1v) is 7.84. The van der Waals surface area contributed by atoms with Crippen molar-refractivity contribution in [3.05, 3.63) is 75.0 Å². The van der Waals surface area contributed by atoms with Gasteiger partial charge in [0.2, 0.25) is 5.69 Å². The summed E-state index contributed by atoms with van der Waals surface area (Å²) in [5.41, 5.74) is 0.556. The minimum absolute atomic E-state index is 0.0128. The minimum Gasteiger partial charge on any atom is -0.618 e. The van der Waals surface area contributed by atoms with Gasteiger partial charge in [-0.05, 0) is 25.5 Å². The van der Waals surface area contributed by atoms with Crippen molar-refractivity contribution in [2.45, 2.75) is 27.2 Å². The number of pyridine rings is 1. The number of para-hydroxylation sites is 1. The van der Waals surface area contributed by atoms with Crippen LogP contribution >= 0.6 is 11.6 Å². The van der Waals surface area contributed by atoms with Gasteiger partial charge in [0.1, 0.15) is 5.56 Å². The second kappa shape index (κ2) is 7.45. The van der Waals surface area contributed by atoms with Crippen LogP contribution in [0.5, 0.6) is 0 Å². The van der Waals surface area contributed by atoms with Crippen molar-refractivity contribution < 1.29 is 13.9 Å². The summed E-state index contributed by atoms with van der Waals surface area (Å²) in [6.45, 7) is 4.76. The summed E-state index contributed by atoms with van der Waals surface area (Å²) in [5.74, 6) is -1.39. The monoisotopic (exact) mass is 348 g/mol. The van der Waals surface area contributed by atoms with Gasteiger partial charge in [0.05, 0.1) is 16.3 Å². The predicted molar refractivity (Wildman–Crippen MR) is 92.8 cm³/mol. The first-order chi connectivity index (χ1) is 11.4. The summed E-state index contributed by atoms with van der Waals surface area (Å²) >= 11 is 6.01. The largest absolute Gasteiger partial charge is 0.618 e. The van der Waals surface area contributed by atoms with Gasteiger partial charge in [0.15, 0.2) is 11.5 Å². The zero-order valence-electron chi connectivity index (χ0n) is 13.7. The molecule has 1 amide bonds. The van der Waals surface area contributed by atoms with Crippen LogP contribution in [0, 0.1) is 24.9 Å². The molecule has 0 saturated heterocycles. The molecule has 0 spiro atoms. The van der Waals surface area contributed by atoms with Crippen LogP contribution in [0.15, 0.2) is 36.4 Å². The number of anilines is 1. The first-order valence-electron chi connectivity index (χ1n) is 7.46. The molecule has 0 aliphatic carbocycles. The fourth-order valence-corrected chi connectivity index (χ4v) is 2.61. The van der Waals surface area contributed by atoms with Crippen LogP contribution in [0.2, 0.25) is 5.02 Å². The fraction of sp³-hybridized carbons (Fsp3) is 0.222. The summed E-state index contributed by atoms with van der Waals surface area (Å²) in [6, 6.07) is 6.63. The SMILES string of the molecule is CC=CCc1c(F)c(C(=O)Nc2ccccc2Cl)c(C)[n+]([O-])c1C. The number of nitrogens with zero attached hydrogens (tertiary/aromatic N) is 1. The molecule has 0 aliphatic rings. The molecule has 6 heteroatoms. The van der Waals surface area contributed by atoms with E-state index in [2.05, 4.69) is 5.32 Å². The number of carbonyl (C=O) groups excluding carboxylic acids is 1. The molecule has 4 nitrogen and oxygen atoms in total. The molecular formula is C18H18ClFN2O2.